The van der Waals surface area contributed by atoms with E-state index in [1.54, 1.807) is 7.11 Å². The van der Waals surface area contributed by atoms with Gasteiger partial charge >= 0.3 is 0 Å². The Morgan fingerprint density at radius 1 is 1.50 bits per heavy atom. The monoisotopic (exact) mass is 275 g/mol. The van der Waals surface area contributed by atoms with E-state index in [1.807, 2.05) is 0 Å². The van der Waals surface area contributed by atoms with Crippen LogP contribution in [-0.4, -0.2) is 25.8 Å². The van der Waals surface area contributed by atoms with E-state index >= 15 is 0 Å². The largest absolute Gasteiger partial charge is 0.496 e. The van der Waals surface area contributed by atoms with Gasteiger partial charge in [0, 0.05) is 30.1 Å². The van der Waals surface area contributed by atoms with E-state index in [0.29, 0.717) is 6.04 Å². The Bertz CT molecular complexity index is 506. The van der Waals surface area contributed by atoms with Crippen LogP contribution in [0, 0.1) is 0 Å². The van der Waals surface area contributed by atoms with Gasteiger partial charge in [0.15, 0.2) is 0 Å². The number of nitrogens with one attached hydrogen (secondary N) is 1. The third-order valence-corrected chi connectivity index (χ3v) is 3.44. The van der Waals surface area contributed by atoms with Crippen molar-refractivity contribution in [3.8, 4) is 11.5 Å². The standard InChI is InChI=1S/C17H25NO2/c1-11(2)18-10-12(3)6-14-9-17-15(7-13(4)20-17)8-16(14)19-5/h6,8-9,11,13,18H,7,10H2,1-5H3/b12-6-. The lowest BCUT2D eigenvalue weighted by molar-refractivity contribution is 0.254. The highest BCUT2D eigenvalue weighted by Gasteiger charge is 2.21. The van der Waals surface area contributed by atoms with Crippen LogP contribution >= 0.6 is 0 Å². The Hall–Kier alpha value is -1.48. The molecular formula is C17H25NO2. The number of benzene rings is 1. The van der Waals surface area contributed by atoms with Gasteiger partial charge in [-0.05, 0) is 26.0 Å². The van der Waals surface area contributed by atoms with Crippen molar-refractivity contribution in [2.24, 2.45) is 0 Å². The maximum atomic E-state index is 5.83. The van der Waals surface area contributed by atoms with E-state index in [1.165, 1.54) is 11.1 Å². The topological polar surface area (TPSA) is 30.5 Å². The van der Waals surface area contributed by atoms with E-state index < -0.39 is 0 Å². The first-order chi connectivity index (χ1) is 9.49. The molecule has 20 heavy (non-hydrogen) atoms. The molecule has 0 fully saturated rings. The molecule has 0 aromatic heterocycles. The summed E-state index contributed by atoms with van der Waals surface area (Å²) in [5, 5.41) is 3.42. The zero-order valence-electron chi connectivity index (χ0n) is 13.1. The lowest BCUT2D eigenvalue weighted by atomic mass is 10.0. The first-order valence-corrected chi connectivity index (χ1v) is 7.27. The maximum absolute atomic E-state index is 5.83. The summed E-state index contributed by atoms with van der Waals surface area (Å²) in [6.45, 7) is 9.41. The predicted octanol–water partition coefficient (Wildman–Crippen LogP) is 3.42. The summed E-state index contributed by atoms with van der Waals surface area (Å²) in [5.41, 5.74) is 3.61. The Kier molecular flexibility index (Phi) is 4.71. The minimum Gasteiger partial charge on any atom is -0.496 e. The van der Waals surface area contributed by atoms with Crippen molar-refractivity contribution in [3.63, 3.8) is 0 Å². The normalized spacial score (nSPS) is 18.1. The molecule has 3 heteroatoms. The predicted molar refractivity (Wildman–Crippen MR) is 83.6 cm³/mol. The molecule has 0 spiro atoms. The zero-order valence-corrected chi connectivity index (χ0v) is 13.1. The number of hydrogen-bond donors (Lipinski definition) is 1. The second kappa shape index (κ2) is 6.31. The van der Waals surface area contributed by atoms with Gasteiger partial charge in [-0.25, -0.2) is 0 Å². The van der Waals surface area contributed by atoms with Crippen molar-refractivity contribution in [1.29, 1.82) is 0 Å². The molecule has 0 saturated carbocycles. The minimum atomic E-state index is 0.262. The molecule has 0 radical (unpaired) electrons. The van der Waals surface area contributed by atoms with Crippen LogP contribution < -0.4 is 14.8 Å². The average molecular weight is 275 g/mol. The Morgan fingerprint density at radius 3 is 2.90 bits per heavy atom. The molecule has 1 N–H and O–H groups in total. The Balaban J connectivity index is 2.23. The summed E-state index contributed by atoms with van der Waals surface area (Å²) in [7, 11) is 1.72. The average Bonchev–Trinajstić information content (AvgIpc) is 2.74. The molecule has 110 valence electrons. The zero-order chi connectivity index (χ0) is 14.7. The number of methoxy groups -OCH3 is 1. The van der Waals surface area contributed by atoms with Crippen LogP contribution in [0.25, 0.3) is 6.08 Å². The van der Waals surface area contributed by atoms with Gasteiger partial charge in [-0.1, -0.05) is 25.5 Å². The molecule has 1 aromatic carbocycles. The van der Waals surface area contributed by atoms with Crippen LogP contribution in [0.1, 0.15) is 38.8 Å². The highest BCUT2D eigenvalue weighted by Crippen LogP contribution is 2.35. The van der Waals surface area contributed by atoms with E-state index in [2.05, 4.69) is 51.2 Å². The smallest absolute Gasteiger partial charge is 0.126 e. The molecule has 2 rings (SSSR count). The molecule has 1 aromatic rings. The summed E-state index contributed by atoms with van der Waals surface area (Å²) < 4.78 is 11.3. The summed E-state index contributed by atoms with van der Waals surface area (Å²) in [5.74, 6) is 1.92. The SMILES string of the molecule is COc1cc2c(cc1/C=C(/C)CNC(C)C)OC(C)C2. The minimum absolute atomic E-state index is 0.262. The third kappa shape index (κ3) is 3.54. The molecule has 1 unspecified atom stereocenters. The van der Waals surface area contributed by atoms with Crippen LogP contribution in [0.3, 0.4) is 0 Å². The van der Waals surface area contributed by atoms with E-state index in [-0.39, 0.29) is 6.10 Å². The van der Waals surface area contributed by atoms with Gasteiger partial charge < -0.3 is 14.8 Å². The molecule has 1 heterocycles. The summed E-state index contributed by atoms with van der Waals surface area (Å²) in [6, 6.07) is 4.69. The molecule has 1 atom stereocenters. The van der Waals surface area contributed by atoms with Crippen molar-refractivity contribution in [2.75, 3.05) is 13.7 Å². The lowest BCUT2D eigenvalue weighted by Crippen LogP contribution is -2.24. The molecular weight excluding hydrogens is 250 g/mol. The first kappa shape index (κ1) is 14.9. The second-order valence-corrected chi connectivity index (χ2v) is 5.86. The van der Waals surface area contributed by atoms with E-state index in [4.69, 9.17) is 9.47 Å². The number of fused-ring (bicyclic) bond motifs is 1. The van der Waals surface area contributed by atoms with Crippen LogP contribution in [-0.2, 0) is 6.42 Å². The van der Waals surface area contributed by atoms with Gasteiger partial charge in [0.05, 0.1) is 7.11 Å². The quantitative estimate of drug-likeness (QED) is 0.893. The fourth-order valence-corrected chi connectivity index (χ4v) is 2.43. The van der Waals surface area contributed by atoms with Crippen molar-refractivity contribution < 1.29 is 9.47 Å². The van der Waals surface area contributed by atoms with Gasteiger partial charge in [-0.2, -0.15) is 0 Å². The number of rotatable bonds is 5. The second-order valence-electron chi connectivity index (χ2n) is 5.86. The highest BCUT2D eigenvalue weighted by molar-refractivity contribution is 5.64. The lowest BCUT2D eigenvalue weighted by Gasteiger charge is -2.11. The molecule has 3 nitrogen and oxygen atoms in total. The molecule has 1 aliphatic heterocycles. The van der Waals surface area contributed by atoms with Gasteiger partial charge in [0.25, 0.3) is 0 Å². The van der Waals surface area contributed by atoms with Crippen molar-refractivity contribution in [3.05, 3.63) is 28.8 Å². The summed E-state index contributed by atoms with van der Waals surface area (Å²) >= 11 is 0. The van der Waals surface area contributed by atoms with Crippen LogP contribution in [0.15, 0.2) is 17.7 Å². The van der Waals surface area contributed by atoms with Gasteiger partial charge in [-0.15, -0.1) is 0 Å². The van der Waals surface area contributed by atoms with Crippen molar-refractivity contribution in [1.82, 2.24) is 5.32 Å². The first-order valence-electron chi connectivity index (χ1n) is 7.27. The van der Waals surface area contributed by atoms with Crippen LogP contribution in [0.5, 0.6) is 11.5 Å². The molecule has 1 aliphatic rings. The third-order valence-electron chi connectivity index (χ3n) is 3.44. The van der Waals surface area contributed by atoms with Gasteiger partial charge in [0.2, 0.25) is 0 Å². The van der Waals surface area contributed by atoms with E-state index in [0.717, 1.165) is 30.0 Å². The molecule has 0 bridgehead atoms. The van der Waals surface area contributed by atoms with Gasteiger partial charge in [0.1, 0.15) is 17.6 Å². The number of hydrogen-bond acceptors (Lipinski definition) is 3. The van der Waals surface area contributed by atoms with Crippen molar-refractivity contribution >= 4 is 6.08 Å². The van der Waals surface area contributed by atoms with Crippen LogP contribution in [0.2, 0.25) is 0 Å². The molecule has 0 saturated heterocycles. The van der Waals surface area contributed by atoms with E-state index in [9.17, 15) is 0 Å². The number of ether oxygens (including phenoxy) is 2. The van der Waals surface area contributed by atoms with Crippen LogP contribution in [0.4, 0.5) is 0 Å². The fraction of sp³-hybridized carbons (Fsp3) is 0.529. The van der Waals surface area contributed by atoms with Crippen molar-refractivity contribution in [2.45, 2.75) is 46.3 Å². The Morgan fingerprint density at radius 2 is 2.25 bits per heavy atom. The fourth-order valence-electron chi connectivity index (χ4n) is 2.43. The molecule has 0 amide bonds. The summed E-state index contributed by atoms with van der Waals surface area (Å²) in [6.07, 6.45) is 3.39. The van der Waals surface area contributed by atoms with Gasteiger partial charge in [-0.3, -0.25) is 0 Å². The Labute approximate surface area is 122 Å². The highest BCUT2D eigenvalue weighted by atomic mass is 16.5. The molecule has 0 aliphatic carbocycles. The maximum Gasteiger partial charge on any atom is 0.126 e. The summed E-state index contributed by atoms with van der Waals surface area (Å²) in [4.78, 5) is 0.